The third-order valence-electron chi connectivity index (χ3n) is 6.34. The van der Waals surface area contributed by atoms with E-state index in [0.717, 1.165) is 42.3 Å². The summed E-state index contributed by atoms with van der Waals surface area (Å²) in [4.78, 5) is 15.5. The summed E-state index contributed by atoms with van der Waals surface area (Å²) in [6.07, 6.45) is 12.5. The zero-order valence-corrected chi connectivity index (χ0v) is 18.3. The Balaban J connectivity index is 1.44. The predicted octanol–water partition coefficient (Wildman–Crippen LogP) is 5.36. The van der Waals surface area contributed by atoms with Crippen molar-refractivity contribution in [2.24, 2.45) is 5.73 Å². The van der Waals surface area contributed by atoms with Crippen LogP contribution in [0.2, 0.25) is 0 Å². The number of aryl methyl sites for hydroxylation is 1. The van der Waals surface area contributed by atoms with Gasteiger partial charge in [0.25, 0.3) is 0 Å². The highest BCUT2D eigenvalue weighted by Crippen LogP contribution is 2.32. The Labute approximate surface area is 184 Å². The van der Waals surface area contributed by atoms with E-state index in [1.807, 2.05) is 24.4 Å². The van der Waals surface area contributed by atoms with Gasteiger partial charge in [0.1, 0.15) is 11.3 Å². The molecule has 5 nitrogen and oxygen atoms in total. The molecule has 5 heteroatoms. The monoisotopic (exact) mass is 419 g/mol. The number of aromatic nitrogens is 2. The molecule has 0 atom stereocenters. The lowest BCUT2D eigenvalue weighted by Gasteiger charge is -2.28. The summed E-state index contributed by atoms with van der Waals surface area (Å²) in [7, 11) is 0. The number of benzene rings is 1. The van der Waals surface area contributed by atoms with Crippen molar-refractivity contribution >= 4 is 16.8 Å². The van der Waals surface area contributed by atoms with Crippen molar-refractivity contribution in [3.05, 3.63) is 60.0 Å². The number of carbonyl (C=O) groups excluding carboxylic acids is 1. The number of unbranched alkanes of at least 4 members (excludes halogenated alkanes) is 1. The van der Waals surface area contributed by atoms with Gasteiger partial charge in [0.15, 0.2) is 0 Å². The lowest BCUT2D eigenvalue weighted by Crippen LogP contribution is -2.19. The van der Waals surface area contributed by atoms with Crippen molar-refractivity contribution in [1.82, 2.24) is 9.55 Å². The Hall–Kier alpha value is -2.82. The molecular formula is C26H33N3O2. The minimum absolute atomic E-state index is 0.205. The maximum absolute atomic E-state index is 11.0. The quantitative estimate of drug-likeness (QED) is 0.450. The first-order valence-corrected chi connectivity index (χ1v) is 11.7. The van der Waals surface area contributed by atoms with Gasteiger partial charge in [-0.3, -0.25) is 9.78 Å². The zero-order valence-electron chi connectivity index (χ0n) is 18.3. The largest absolute Gasteiger partial charge is 0.491 e. The fourth-order valence-corrected chi connectivity index (χ4v) is 4.82. The van der Waals surface area contributed by atoms with Crippen molar-refractivity contribution in [3.8, 4) is 5.75 Å². The molecule has 1 aromatic carbocycles. The van der Waals surface area contributed by atoms with Crippen LogP contribution in [0, 0.1) is 0 Å². The molecular weight excluding hydrogens is 386 g/mol. The molecule has 4 rings (SSSR count). The summed E-state index contributed by atoms with van der Waals surface area (Å²) in [5.74, 6) is 0.643. The van der Waals surface area contributed by atoms with Crippen LogP contribution in [0.1, 0.15) is 68.8 Å². The Kier molecular flexibility index (Phi) is 7.23. The van der Waals surface area contributed by atoms with Gasteiger partial charge in [-0.2, -0.15) is 0 Å². The van der Waals surface area contributed by atoms with Crippen molar-refractivity contribution in [3.63, 3.8) is 0 Å². The predicted molar refractivity (Wildman–Crippen MR) is 124 cm³/mol. The van der Waals surface area contributed by atoms with E-state index in [1.165, 1.54) is 43.5 Å². The maximum Gasteiger partial charge on any atom is 0.217 e. The second kappa shape index (κ2) is 10.5. The highest BCUT2D eigenvalue weighted by Gasteiger charge is 2.20. The van der Waals surface area contributed by atoms with Gasteiger partial charge in [-0.05, 0) is 56.4 Å². The summed E-state index contributed by atoms with van der Waals surface area (Å²) in [6.45, 7) is 0.632. The zero-order chi connectivity index (χ0) is 21.5. The molecule has 2 N–H and O–H groups in total. The number of primary amides is 1. The summed E-state index contributed by atoms with van der Waals surface area (Å²) in [5.41, 5.74) is 8.96. The molecule has 31 heavy (non-hydrogen) atoms. The molecule has 2 aromatic heterocycles. The van der Waals surface area contributed by atoms with Crippen LogP contribution in [0.3, 0.4) is 0 Å². The van der Waals surface area contributed by atoms with Crippen molar-refractivity contribution in [2.45, 2.75) is 70.3 Å². The van der Waals surface area contributed by atoms with Crippen LogP contribution in [-0.4, -0.2) is 22.1 Å². The molecule has 1 amide bonds. The SMILES string of the molecule is NC(=O)CCCCc1ccc(CCOc2cccc3cccnc23)n1C1CCCCC1. The van der Waals surface area contributed by atoms with E-state index in [2.05, 4.69) is 33.8 Å². The van der Waals surface area contributed by atoms with Crippen LogP contribution >= 0.6 is 0 Å². The second-order valence-corrected chi connectivity index (χ2v) is 8.58. The molecule has 1 aliphatic carbocycles. The molecule has 1 saturated carbocycles. The fraction of sp³-hybridized carbons (Fsp3) is 0.462. The van der Waals surface area contributed by atoms with E-state index in [9.17, 15) is 4.79 Å². The van der Waals surface area contributed by atoms with Crippen molar-refractivity contribution in [1.29, 1.82) is 0 Å². The molecule has 0 radical (unpaired) electrons. The lowest BCUT2D eigenvalue weighted by atomic mass is 9.94. The van der Waals surface area contributed by atoms with Crippen LogP contribution in [-0.2, 0) is 17.6 Å². The van der Waals surface area contributed by atoms with Gasteiger partial charge in [-0.25, -0.2) is 0 Å². The molecule has 0 bridgehead atoms. The number of nitrogens with zero attached hydrogens (tertiary/aromatic N) is 2. The van der Waals surface area contributed by atoms with E-state index >= 15 is 0 Å². The highest BCUT2D eigenvalue weighted by molar-refractivity contribution is 5.84. The van der Waals surface area contributed by atoms with E-state index < -0.39 is 0 Å². The van der Waals surface area contributed by atoms with Crippen molar-refractivity contribution < 1.29 is 9.53 Å². The van der Waals surface area contributed by atoms with Gasteiger partial charge in [0, 0.05) is 41.9 Å². The minimum atomic E-state index is -0.205. The standard InChI is InChI=1S/C26H33N3O2/c27-25(30)14-5-4-12-22-15-16-23(29(22)21-10-2-1-3-11-21)17-19-31-24-13-6-8-20-9-7-18-28-26(20)24/h6-9,13,15-16,18,21H,1-5,10-12,14,17,19H2,(H2,27,30). The lowest BCUT2D eigenvalue weighted by molar-refractivity contribution is -0.118. The molecule has 1 fully saturated rings. The average Bonchev–Trinajstić information content (AvgIpc) is 3.20. The second-order valence-electron chi connectivity index (χ2n) is 8.58. The molecule has 0 aliphatic heterocycles. The number of amides is 1. The molecule has 164 valence electrons. The number of ether oxygens (including phenoxy) is 1. The Morgan fingerprint density at radius 3 is 2.58 bits per heavy atom. The number of hydrogen-bond acceptors (Lipinski definition) is 3. The Morgan fingerprint density at radius 1 is 1.00 bits per heavy atom. The third kappa shape index (κ3) is 5.46. The smallest absolute Gasteiger partial charge is 0.217 e. The first-order valence-electron chi connectivity index (χ1n) is 11.7. The topological polar surface area (TPSA) is 70.1 Å². The van der Waals surface area contributed by atoms with Gasteiger partial charge in [0.2, 0.25) is 5.91 Å². The van der Waals surface area contributed by atoms with Gasteiger partial charge >= 0.3 is 0 Å². The molecule has 3 aromatic rings. The van der Waals surface area contributed by atoms with Crippen LogP contribution in [0.15, 0.2) is 48.7 Å². The normalized spacial score (nSPS) is 14.7. The van der Waals surface area contributed by atoms with Gasteiger partial charge in [-0.1, -0.05) is 37.5 Å². The summed E-state index contributed by atoms with van der Waals surface area (Å²) in [5, 5.41) is 1.10. The number of rotatable bonds is 10. The van der Waals surface area contributed by atoms with Crippen LogP contribution in [0.4, 0.5) is 0 Å². The van der Waals surface area contributed by atoms with E-state index in [0.29, 0.717) is 19.1 Å². The molecule has 1 aliphatic rings. The molecule has 0 saturated heterocycles. The average molecular weight is 420 g/mol. The summed E-state index contributed by atoms with van der Waals surface area (Å²) in [6, 6.07) is 15.2. The summed E-state index contributed by atoms with van der Waals surface area (Å²) >= 11 is 0. The van der Waals surface area contributed by atoms with E-state index in [-0.39, 0.29) is 5.91 Å². The van der Waals surface area contributed by atoms with E-state index in [1.54, 1.807) is 0 Å². The van der Waals surface area contributed by atoms with Crippen LogP contribution in [0.25, 0.3) is 10.9 Å². The number of fused-ring (bicyclic) bond motifs is 1. The van der Waals surface area contributed by atoms with Crippen LogP contribution < -0.4 is 10.5 Å². The van der Waals surface area contributed by atoms with Gasteiger partial charge < -0.3 is 15.0 Å². The number of pyridine rings is 1. The number of carbonyl (C=O) groups is 1. The fourth-order valence-electron chi connectivity index (χ4n) is 4.82. The van der Waals surface area contributed by atoms with Gasteiger partial charge in [0.05, 0.1) is 6.61 Å². The summed E-state index contributed by atoms with van der Waals surface area (Å²) < 4.78 is 8.75. The molecule has 2 heterocycles. The number of para-hydroxylation sites is 1. The van der Waals surface area contributed by atoms with Crippen LogP contribution in [0.5, 0.6) is 5.75 Å². The van der Waals surface area contributed by atoms with Crippen molar-refractivity contribution in [2.75, 3.05) is 6.61 Å². The highest BCUT2D eigenvalue weighted by atomic mass is 16.5. The third-order valence-corrected chi connectivity index (χ3v) is 6.34. The first-order chi connectivity index (χ1) is 15.2. The molecule has 0 spiro atoms. The Bertz CT molecular complexity index is 1000. The number of hydrogen-bond donors (Lipinski definition) is 1. The first kappa shape index (κ1) is 21.4. The number of nitrogens with two attached hydrogens (primary N) is 1. The van der Waals surface area contributed by atoms with E-state index in [4.69, 9.17) is 10.5 Å². The maximum atomic E-state index is 11.0. The Morgan fingerprint density at radius 2 is 1.77 bits per heavy atom. The molecule has 0 unspecified atom stereocenters. The van der Waals surface area contributed by atoms with Gasteiger partial charge in [-0.15, -0.1) is 0 Å². The minimum Gasteiger partial charge on any atom is -0.491 e.